The summed E-state index contributed by atoms with van der Waals surface area (Å²) in [6.45, 7) is 3.84. The van der Waals surface area contributed by atoms with Gasteiger partial charge in [0, 0.05) is 4.47 Å². The molecule has 0 saturated heterocycles. The maximum absolute atomic E-state index is 11.8. The number of primary amides is 1. The van der Waals surface area contributed by atoms with Crippen molar-refractivity contribution in [3.8, 4) is 0 Å². The van der Waals surface area contributed by atoms with E-state index in [1.54, 1.807) is 0 Å². The Morgan fingerprint density at radius 1 is 1.39 bits per heavy atom. The van der Waals surface area contributed by atoms with Crippen molar-refractivity contribution < 1.29 is 9.59 Å². The summed E-state index contributed by atoms with van der Waals surface area (Å²) in [6, 6.07) is 2.90. The number of nitrogens with two attached hydrogens (primary N) is 2. The molecule has 5 N–H and O–H groups in total. The van der Waals surface area contributed by atoms with E-state index in [2.05, 4.69) is 21.2 Å². The fourth-order valence-corrected chi connectivity index (χ4v) is 2.37. The van der Waals surface area contributed by atoms with Gasteiger partial charge in [0.05, 0.1) is 18.2 Å². The van der Waals surface area contributed by atoms with Crippen LogP contribution in [-0.2, 0) is 9.59 Å². The Labute approximate surface area is 114 Å². The van der Waals surface area contributed by atoms with Gasteiger partial charge in [-0.2, -0.15) is 0 Å². The number of carbonyl (C=O) groups is 2. The first-order chi connectivity index (χ1) is 8.31. The van der Waals surface area contributed by atoms with E-state index in [0.717, 1.165) is 15.6 Å². The molecule has 1 rings (SSSR count). The molecule has 0 heterocycles. The molecule has 98 valence electrons. The van der Waals surface area contributed by atoms with Crippen LogP contribution in [0.1, 0.15) is 17.5 Å². The van der Waals surface area contributed by atoms with Gasteiger partial charge in [0.1, 0.15) is 0 Å². The quantitative estimate of drug-likeness (QED) is 0.779. The van der Waals surface area contributed by atoms with E-state index in [-0.39, 0.29) is 6.42 Å². The summed E-state index contributed by atoms with van der Waals surface area (Å²) in [5, 5.41) is 2.69. The van der Waals surface area contributed by atoms with Crippen molar-refractivity contribution in [2.45, 2.75) is 26.3 Å². The highest BCUT2D eigenvalue weighted by molar-refractivity contribution is 9.10. The Kier molecular flexibility index (Phi) is 4.86. The predicted octanol–water partition coefficient (Wildman–Crippen LogP) is 1.21. The number of nitrogens with one attached hydrogen (secondary N) is 1. The molecular formula is C12H16BrN3O2. The van der Waals surface area contributed by atoms with Crippen molar-refractivity contribution in [3.63, 3.8) is 0 Å². The molecule has 1 unspecified atom stereocenters. The van der Waals surface area contributed by atoms with Gasteiger partial charge in [-0.3, -0.25) is 9.59 Å². The van der Waals surface area contributed by atoms with Gasteiger partial charge in [-0.1, -0.05) is 6.07 Å². The zero-order valence-corrected chi connectivity index (χ0v) is 11.9. The van der Waals surface area contributed by atoms with Gasteiger partial charge in [-0.05, 0) is 47.0 Å². The number of aryl methyl sites for hydroxylation is 2. The number of benzene rings is 1. The number of halogens is 1. The Bertz CT molecular complexity index is 465. The lowest BCUT2D eigenvalue weighted by Crippen LogP contribution is -2.39. The molecule has 0 bridgehead atoms. The van der Waals surface area contributed by atoms with Crippen molar-refractivity contribution in [3.05, 3.63) is 27.7 Å². The Hall–Kier alpha value is -1.40. The largest absolute Gasteiger partial charge is 0.370 e. The average molecular weight is 314 g/mol. The molecule has 0 aromatic heterocycles. The zero-order valence-electron chi connectivity index (χ0n) is 10.3. The van der Waals surface area contributed by atoms with E-state index < -0.39 is 17.9 Å². The number of anilines is 1. The molecule has 0 saturated carbocycles. The number of carbonyl (C=O) groups excluding carboxylic acids is 2. The van der Waals surface area contributed by atoms with E-state index in [1.165, 1.54) is 0 Å². The van der Waals surface area contributed by atoms with Gasteiger partial charge in [0.15, 0.2) is 0 Å². The molecule has 2 amide bonds. The lowest BCUT2D eigenvalue weighted by Gasteiger charge is -2.14. The summed E-state index contributed by atoms with van der Waals surface area (Å²) < 4.78 is 0.777. The van der Waals surface area contributed by atoms with Crippen LogP contribution in [0.25, 0.3) is 0 Å². The molecule has 1 atom stereocenters. The van der Waals surface area contributed by atoms with E-state index in [4.69, 9.17) is 11.5 Å². The van der Waals surface area contributed by atoms with Gasteiger partial charge >= 0.3 is 0 Å². The molecule has 0 aliphatic carbocycles. The maximum Gasteiger partial charge on any atom is 0.241 e. The number of hydrogen-bond donors (Lipinski definition) is 3. The van der Waals surface area contributed by atoms with Crippen LogP contribution >= 0.6 is 15.9 Å². The Morgan fingerprint density at radius 2 is 2.00 bits per heavy atom. The molecule has 0 fully saturated rings. The second kappa shape index (κ2) is 5.97. The topological polar surface area (TPSA) is 98.2 Å². The van der Waals surface area contributed by atoms with Crippen LogP contribution in [0.15, 0.2) is 16.6 Å². The molecule has 1 aromatic carbocycles. The number of hydrogen-bond acceptors (Lipinski definition) is 3. The summed E-state index contributed by atoms with van der Waals surface area (Å²) in [5.41, 5.74) is 13.2. The highest BCUT2D eigenvalue weighted by atomic mass is 79.9. The third-order valence-electron chi connectivity index (χ3n) is 2.44. The lowest BCUT2D eigenvalue weighted by atomic mass is 10.1. The van der Waals surface area contributed by atoms with Gasteiger partial charge in [0.2, 0.25) is 11.8 Å². The van der Waals surface area contributed by atoms with E-state index in [9.17, 15) is 9.59 Å². The first kappa shape index (κ1) is 14.7. The number of amides is 2. The van der Waals surface area contributed by atoms with Crippen molar-refractivity contribution in [2.75, 3.05) is 5.32 Å². The third-order valence-corrected chi connectivity index (χ3v) is 3.06. The molecule has 1 aromatic rings. The Morgan fingerprint density at radius 3 is 2.50 bits per heavy atom. The SMILES string of the molecule is Cc1cc(C)c(NC(=O)C(N)CC(N)=O)c(Br)c1. The standard InChI is InChI=1S/C12H16BrN3O2/c1-6-3-7(2)11(8(13)4-6)16-12(18)9(14)5-10(15)17/h3-4,9H,5,14H2,1-2H3,(H2,15,17)(H,16,18). The average Bonchev–Trinajstić information content (AvgIpc) is 2.21. The molecule has 0 radical (unpaired) electrons. The van der Waals surface area contributed by atoms with E-state index in [1.807, 2.05) is 26.0 Å². The van der Waals surface area contributed by atoms with Crippen molar-refractivity contribution >= 4 is 33.4 Å². The highest BCUT2D eigenvalue weighted by Crippen LogP contribution is 2.27. The fourth-order valence-electron chi connectivity index (χ4n) is 1.60. The molecule has 0 aliphatic rings. The van der Waals surface area contributed by atoms with E-state index >= 15 is 0 Å². The minimum Gasteiger partial charge on any atom is -0.370 e. The minimum atomic E-state index is -0.935. The first-order valence-corrected chi connectivity index (χ1v) is 6.22. The van der Waals surface area contributed by atoms with Gasteiger partial charge in [-0.15, -0.1) is 0 Å². The summed E-state index contributed by atoms with van der Waals surface area (Å²) >= 11 is 3.38. The molecule has 6 heteroatoms. The summed E-state index contributed by atoms with van der Waals surface area (Å²) in [4.78, 5) is 22.5. The molecule has 0 spiro atoms. The second-order valence-corrected chi connectivity index (χ2v) is 5.06. The highest BCUT2D eigenvalue weighted by Gasteiger charge is 2.17. The summed E-state index contributed by atoms with van der Waals surface area (Å²) in [7, 11) is 0. The van der Waals surface area contributed by atoms with Gasteiger partial charge < -0.3 is 16.8 Å². The maximum atomic E-state index is 11.8. The van der Waals surface area contributed by atoms with Crippen LogP contribution in [0.4, 0.5) is 5.69 Å². The van der Waals surface area contributed by atoms with Crippen LogP contribution in [0.3, 0.4) is 0 Å². The predicted molar refractivity (Wildman–Crippen MR) is 74.0 cm³/mol. The van der Waals surface area contributed by atoms with Crippen LogP contribution in [0.5, 0.6) is 0 Å². The van der Waals surface area contributed by atoms with Crippen LogP contribution in [0, 0.1) is 13.8 Å². The normalized spacial score (nSPS) is 12.0. The van der Waals surface area contributed by atoms with E-state index in [0.29, 0.717) is 5.69 Å². The molecule has 18 heavy (non-hydrogen) atoms. The van der Waals surface area contributed by atoms with Gasteiger partial charge in [0.25, 0.3) is 0 Å². The first-order valence-electron chi connectivity index (χ1n) is 5.42. The van der Waals surface area contributed by atoms with Crippen LogP contribution in [-0.4, -0.2) is 17.9 Å². The summed E-state index contributed by atoms with van der Waals surface area (Å²) in [6.07, 6.45) is -0.172. The minimum absolute atomic E-state index is 0.172. The lowest BCUT2D eigenvalue weighted by molar-refractivity contribution is -0.123. The third kappa shape index (κ3) is 3.82. The number of rotatable bonds is 4. The van der Waals surface area contributed by atoms with Gasteiger partial charge in [-0.25, -0.2) is 0 Å². The zero-order chi connectivity index (χ0) is 13.9. The molecule has 5 nitrogen and oxygen atoms in total. The fraction of sp³-hybridized carbons (Fsp3) is 0.333. The monoisotopic (exact) mass is 313 g/mol. The summed E-state index contributed by atoms with van der Waals surface area (Å²) in [5.74, 6) is -1.03. The smallest absolute Gasteiger partial charge is 0.241 e. The Balaban J connectivity index is 2.85. The van der Waals surface area contributed by atoms with Crippen molar-refractivity contribution in [1.82, 2.24) is 0 Å². The van der Waals surface area contributed by atoms with Crippen molar-refractivity contribution in [1.29, 1.82) is 0 Å². The second-order valence-electron chi connectivity index (χ2n) is 4.20. The van der Waals surface area contributed by atoms with Crippen molar-refractivity contribution in [2.24, 2.45) is 11.5 Å². The van der Waals surface area contributed by atoms with Crippen LogP contribution in [0.2, 0.25) is 0 Å². The molecule has 0 aliphatic heterocycles. The molecular weight excluding hydrogens is 298 g/mol. The van der Waals surface area contributed by atoms with Crippen LogP contribution < -0.4 is 16.8 Å².